The summed E-state index contributed by atoms with van der Waals surface area (Å²) in [5.74, 6) is 0. The number of pyridine rings is 1. The van der Waals surface area contributed by atoms with Crippen LogP contribution in [0, 0.1) is 11.3 Å². The maximum atomic E-state index is 9.09. The van der Waals surface area contributed by atoms with Gasteiger partial charge in [-0.1, -0.05) is 0 Å². The molecule has 1 aliphatic rings. The lowest BCUT2D eigenvalue weighted by molar-refractivity contribution is 0.380. The first-order chi connectivity index (χ1) is 7.65. The Kier molecular flexibility index (Phi) is 4.33. The van der Waals surface area contributed by atoms with E-state index < -0.39 is 0 Å². The van der Waals surface area contributed by atoms with E-state index in [0.29, 0.717) is 5.56 Å². The van der Waals surface area contributed by atoms with Gasteiger partial charge in [-0.15, -0.1) is 12.4 Å². The minimum Gasteiger partial charge on any atom is -0.363 e. The minimum atomic E-state index is 0. The molecule has 4 nitrogen and oxygen atoms in total. The van der Waals surface area contributed by atoms with E-state index in [2.05, 4.69) is 35.1 Å². The van der Waals surface area contributed by atoms with Crippen molar-refractivity contribution in [1.29, 1.82) is 5.26 Å². The predicted molar refractivity (Wildman–Crippen MR) is 70.5 cm³/mol. The van der Waals surface area contributed by atoms with E-state index in [9.17, 15) is 0 Å². The van der Waals surface area contributed by atoms with Crippen LogP contribution in [0.2, 0.25) is 0 Å². The van der Waals surface area contributed by atoms with Gasteiger partial charge in [0.15, 0.2) is 0 Å². The molecule has 0 bridgehead atoms. The van der Waals surface area contributed by atoms with E-state index >= 15 is 0 Å². The second kappa shape index (κ2) is 5.35. The van der Waals surface area contributed by atoms with Gasteiger partial charge < -0.3 is 10.2 Å². The van der Waals surface area contributed by atoms with E-state index in [1.807, 2.05) is 6.07 Å². The number of piperazine rings is 1. The Balaban J connectivity index is 0.00000144. The van der Waals surface area contributed by atoms with Gasteiger partial charge in [0.25, 0.3) is 0 Å². The van der Waals surface area contributed by atoms with Crippen molar-refractivity contribution in [3.05, 3.63) is 24.0 Å². The number of hydrogen-bond donors (Lipinski definition) is 1. The number of halogens is 1. The van der Waals surface area contributed by atoms with Crippen LogP contribution in [0.5, 0.6) is 0 Å². The number of rotatable bonds is 1. The van der Waals surface area contributed by atoms with Crippen LogP contribution in [0.3, 0.4) is 0 Å². The molecule has 0 radical (unpaired) electrons. The molecule has 1 fully saturated rings. The van der Waals surface area contributed by atoms with Gasteiger partial charge in [0.1, 0.15) is 6.07 Å². The van der Waals surface area contributed by atoms with Crippen molar-refractivity contribution in [2.24, 2.45) is 0 Å². The van der Waals surface area contributed by atoms with Crippen LogP contribution in [-0.2, 0) is 0 Å². The van der Waals surface area contributed by atoms with E-state index in [0.717, 1.165) is 25.3 Å². The molecule has 92 valence electrons. The van der Waals surface area contributed by atoms with Crippen LogP contribution in [0.4, 0.5) is 5.69 Å². The Bertz CT molecular complexity index is 425. The second-order valence-electron chi connectivity index (χ2n) is 4.65. The fourth-order valence-corrected chi connectivity index (χ4v) is 2.14. The molecule has 1 saturated heterocycles. The summed E-state index contributed by atoms with van der Waals surface area (Å²) in [6, 6.07) is 4.13. The molecule has 2 rings (SSSR count). The monoisotopic (exact) mass is 252 g/mol. The average Bonchev–Trinajstić information content (AvgIpc) is 2.28. The van der Waals surface area contributed by atoms with E-state index in [4.69, 9.17) is 5.26 Å². The second-order valence-corrected chi connectivity index (χ2v) is 4.65. The van der Waals surface area contributed by atoms with Gasteiger partial charge in [-0.25, -0.2) is 0 Å². The minimum absolute atomic E-state index is 0. The topological polar surface area (TPSA) is 52.0 Å². The molecule has 0 unspecified atom stereocenters. The van der Waals surface area contributed by atoms with Crippen molar-refractivity contribution in [2.75, 3.05) is 24.5 Å². The summed E-state index contributed by atoms with van der Waals surface area (Å²) in [5, 5.41) is 12.5. The highest BCUT2D eigenvalue weighted by molar-refractivity contribution is 5.85. The molecule has 0 saturated carbocycles. The summed E-state index contributed by atoms with van der Waals surface area (Å²) >= 11 is 0. The molecule has 2 heterocycles. The normalized spacial score (nSPS) is 18.1. The molecule has 0 atom stereocenters. The Labute approximate surface area is 108 Å². The average molecular weight is 253 g/mol. The summed E-state index contributed by atoms with van der Waals surface area (Å²) in [7, 11) is 0. The zero-order valence-electron chi connectivity index (χ0n) is 10.1. The van der Waals surface area contributed by atoms with Gasteiger partial charge in [0.2, 0.25) is 0 Å². The zero-order chi connectivity index (χ0) is 11.6. The van der Waals surface area contributed by atoms with Crippen LogP contribution in [-0.4, -0.2) is 30.2 Å². The molecule has 0 aliphatic carbocycles. The molecule has 1 N–H and O–H groups in total. The lowest BCUT2D eigenvalue weighted by Crippen LogP contribution is -2.58. The fourth-order valence-electron chi connectivity index (χ4n) is 2.14. The summed E-state index contributed by atoms with van der Waals surface area (Å²) in [6.07, 6.45) is 3.38. The molecule has 0 amide bonds. The van der Waals surface area contributed by atoms with Crippen molar-refractivity contribution < 1.29 is 0 Å². The first-order valence-corrected chi connectivity index (χ1v) is 5.47. The van der Waals surface area contributed by atoms with Crippen molar-refractivity contribution in [3.8, 4) is 6.07 Å². The molecule has 5 heteroatoms. The third-order valence-electron chi connectivity index (χ3n) is 3.01. The first-order valence-electron chi connectivity index (χ1n) is 5.47. The Hall–Kier alpha value is -1.31. The Morgan fingerprint density at radius 1 is 1.53 bits per heavy atom. The van der Waals surface area contributed by atoms with E-state index in [1.54, 1.807) is 12.4 Å². The fraction of sp³-hybridized carbons (Fsp3) is 0.500. The Morgan fingerprint density at radius 2 is 2.29 bits per heavy atom. The van der Waals surface area contributed by atoms with Gasteiger partial charge >= 0.3 is 0 Å². The molecule has 1 aromatic rings. The summed E-state index contributed by atoms with van der Waals surface area (Å²) in [5.41, 5.74) is 1.67. The standard InChI is InChI=1S/C12H16N4.ClH/c1-12(2)9-15-5-6-16(12)11-3-4-14-8-10(11)7-13;/h3-4,8,15H,5-6,9H2,1-2H3;1H. The number of aromatic nitrogens is 1. The molecular weight excluding hydrogens is 236 g/mol. The number of nitrogens with one attached hydrogen (secondary N) is 1. The van der Waals surface area contributed by atoms with Crippen LogP contribution >= 0.6 is 12.4 Å². The smallest absolute Gasteiger partial charge is 0.103 e. The van der Waals surface area contributed by atoms with Crippen LogP contribution < -0.4 is 10.2 Å². The molecule has 1 aliphatic heterocycles. The number of anilines is 1. The highest BCUT2D eigenvalue weighted by Gasteiger charge is 2.30. The number of nitrogens with zero attached hydrogens (tertiary/aromatic N) is 3. The van der Waals surface area contributed by atoms with Crippen LogP contribution in [0.1, 0.15) is 19.4 Å². The Morgan fingerprint density at radius 3 is 2.94 bits per heavy atom. The van der Waals surface area contributed by atoms with Gasteiger partial charge in [-0.3, -0.25) is 4.98 Å². The van der Waals surface area contributed by atoms with Crippen molar-refractivity contribution in [2.45, 2.75) is 19.4 Å². The van der Waals surface area contributed by atoms with Crippen LogP contribution in [0.25, 0.3) is 0 Å². The highest BCUT2D eigenvalue weighted by atomic mass is 35.5. The molecular formula is C12H17ClN4. The van der Waals surface area contributed by atoms with Gasteiger partial charge in [-0.2, -0.15) is 5.26 Å². The third kappa shape index (κ3) is 2.68. The number of hydrogen-bond acceptors (Lipinski definition) is 4. The molecule has 0 aromatic carbocycles. The van der Waals surface area contributed by atoms with Gasteiger partial charge in [0, 0.05) is 37.6 Å². The SMILES string of the molecule is CC1(C)CNCCN1c1ccncc1C#N.Cl. The first kappa shape index (κ1) is 13.8. The summed E-state index contributed by atoms with van der Waals surface area (Å²) < 4.78 is 0. The molecule has 17 heavy (non-hydrogen) atoms. The largest absolute Gasteiger partial charge is 0.363 e. The maximum absolute atomic E-state index is 9.09. The molecule has 0 spiro atoms. The lowest BCUT2D eigenvalue weighted by Gasteiger charge is -2.44. The lowest BCUT2D eigenvalue weighted by atomic mass is 9.98. The van der Waals surface area contributed by atoms with Crippen molar-refractivity contribution >= 4 is 18.1 Å². The molecule has 1 aromatic heterocycles. The van der Waals surface area contributed by atoms with Crippen molar-refractivity contribution in [1.82, 2.24) is 10.3 Å². The summed E-state index contributed by atoms with van der Waals surface area (Å²) in [4.78, 5) is 6.28. The third-order valence-corrected chi connectivity index (χ3v) is 3.01. The predicted octanol–water partition coefficient (Wildman–Crippen LogP) is 1.56. The van der Waals surface area contributed by atoms with E-state index in [1.165, 1.54) is 0 Å². The van der Waals surface area contributed by atoms with E-state index in [-0.39, 0.29) is 17.9 Å². The number of nitriles is 1. The van der Waals surface area contributed by atoms with Gasteiger partial charge in [-0.05, 0) is 19.9 Å². The quantitative estimate of drug-likeness (QED) is 0.824. The van der Waals surface area contributed by atoms with Crippen LogP contribution in [0.15, 0.2) is 18.5 Å². The highest BCUT2D eigenvalue weighted by Crippen LogP contribution is 2.27. The van der Waals surface area contributed by atoms with Crippen molar-refractivity contribution in [3.63, 3.8) is 0 Å². The maximum Gasteiger partial charge on any atom is 0.103 e. The van der Waals surface area contributed by atoms with Gasteiger partial charge in [0.05, 0.1) is 11.3 Å². The zero-order valence-corrected chi connectivity index (χ0v) is 10.9. The summed E-state index contributed by atoms with van der Waals surface area (Å²) in [6.45, 7) is 7.17.